The number of allylic oxidation sites excluding steroid dienone is 2. The highest BCUT2D eigenvalue weighted by molar-refractivity contribution is 6.23. The molecule has 2 atom stereocenters. The Morgan fingerprint density at radius 1 is 0.388 bits per heavy atom. The van der Waals surface area contributed by atoms with Crippen molar-refractivity contribution >= 4 is 32.3 Å². The molecule has 8 aromatic carbocycles. The second-order valence-electron chi connectivity index (χ2n) is 13.2. The Labute approximate surface area is 286 Å². The van der Waals surface area contributed by atoms with Gasteiger partial charge in [0.1, 0.15) is 11.9 Å². The summed E-state index contributed by atoms with van der Waals surface area (Å²) in [6, 6.07) is 57.8. The molecule has 1 aliphatic heterocycles. The number of fused-ring (bicyclic) bond motifs is 6. The molecule has 0 radical (unpaired) electrons. The van der Waals surface area contributed by atoms with Crippen molar-refractivity contribution in [3.8, 4) is 50.3 Å². The second-order valence-corrected chi connectivity index (χ2v) is 13.2. The van der Waals surface area contributed by atoms with Gasteiger partial charge in [-0.15, -0.1) is 0 Å². The Morgan fingerprint density at radius 3 is 1.78 bits per heavy atom. The van der Waals surface area contributed by atoms with Gasteiger partial charge in [0.25, 0.3) is 0 Å². The number of hydrogen-bond acceptors (Lipinski definition) is 1. The van der Waals surface area contributed by atoms with Crippen LogP contribution in [0.15, 0.2) is 182 Å². The van der Waals surface area contributed by atoms with Crippen LogP contribution in [0.3, 0.4) is 0 Å². The van der Waals surface area contributed by atoms with E-state index in [0.717, 1.165) is 5.75 Å². The largest absolute Gasteiger partial charge is 0.485 e. The molecule has 0 saturated heterocycles. The van der Waals surface area contributed by atoms with Crippen molar-refractivity contribution < 1.29 is 4.74 Å². The highest BCUT2D eigenvalue weighted by atomic mass is 16.5. The molecule has 0 amide bonds. The molecule has 2 unspecified atom stereocenters. The van der Waals surface area contributed by atoms with Crippen LogP contribution in [-0.2, 0) is 0 Å². The fourth-order valence-electron chi connectivity index (χ4n) is 8.11. The molecule has 0 bridgehead atoms. The molecule has 1 heterocycles. The van der Waals surface area contributed by atoms with Crippen LogP contribution in [0, 0.1) is 0 Å². The molecule has 230 valence electrons. The Balaban J connectivity index is 1.19. The van der Waals surface area contributed by atoms with Crippen LogP contribution in [0.4, 0.5) is 0 Å². The Morgan fingerprint density at radius 2 is 1.00 bits per heavy atom. The van der Waals surface area contributed by atoms with Gasteiger partial charge in [-0.05, 0) is 107 Å². The van der Waals surface area contributed by atoms with Crippen LogP contribution < -0.4 is 4.74 Å². The molecule has 1 aliphatic carbocycles. The van der Waals surface area contributed by atoms with Crippen LogP contribution in [0.1, 0.15) is 11.5 Å². The number of rotatable bonds is 4. The molecule has 0 fully saturated rings. The molecule has 10 rings (SSSR count). The summed E-state index contributed by atoms with van der Waals surface area (Å²) in [5.41, 5.74) is 11.2. The maximum Gasteiger partial charge on any atom is 0.128 e. The molecule has 1 heteroatoms. The Hall–Kier alpha value is -6.18. The maximum absolute atomic E-state index is 6.33. The highest BCUT2D eigenvalue weighted by Crippen LogP contribution is 2.48. The number of hydrogen-bond donors (Lipinski definition) is 0. The summed E-state index contributed by atoms with van der Waals surface area (Å²) in [6.45, 7) is 0. The molecule has 0 spiro atoms. The molecule has 8 aromatic rings. The fraction of sp³-hybridized carbons (Fsp3) is 0.0417. The zero-order chi connectivity index (χ0) is 32.3. The van der Waals surface area contributed by atoms with Crippen LogP contribution in [0.25, 0.3) is 76.8 Å². The van der Waals surface area contributed by atoms with Gasteiger partial charge in [0.2, 0.25) is 0 Å². The van der Waals surface area contributed by atoms with Crippen LogP contribution in [0.5, 0.6) is 5.75 Å². The van der Waals surface area contributed by atoms with E-state index in [0.29, 0.717) is 0 Å². The summed E-state index contributed by atoms with van der Waals surface area (Å²) in [7, 11) is 0. The summed E-state index contributed by atoms with van der Waals surface area (Å²) in [4.78, 5) is 0. The topological polar surface area (TPSA) is 9.23 Å². The van der Waals surface area contributed by atoms with Gasteiger partial charge >= 0.3 is 0 Å². The van der Waals surface area contributed by atoms with Crippen LogP contribution >= 0.6 is 0 Å². The number of benzene rings is 8. The number of ether oxygens (including phenoxy) is 1. The van der Waals surface area contributed by atoms with E-state index in [4.69, 9.17) is 4.74 Å². The minimum Gasteiger partial charge on any atom is -0.485 e. The molecule has 0 aromatic heterocycles. The SMILES string of the molecule is C1=CC2Oc3ccc(-c4c5ccccc5c(-c5cccc6ccc(-c7cccc(-c8ccccc8)c7)cc56)c5ccccc45)cc3C2C=C1. The Kier molecular flexibility index (Phi) is 6.38. The van der Waals surface area contributed by atoms with Gasteiger partial charge in [-0.25, -0.2) is 0 Å². The summed E-state index contributed by atoms with van der Waals surface area (Å²) in [6.07, 6.45) is 8.74. The van der Waals surface area contributed by atoms with Crippen molar-refractivity contribution in [3.05, 3.63) is 188 Å². The van der Waals surface area contributed by atoms with E-state index < -0.39 is 0 Å². The minimum absolute atomic E-state index is 0.0724. The smallest absolute Gasteiger partial charge is 0.128 e. The van der Waals surface area contributed by atoms with Gasteiger partial charge in [-0.2, -0.15) is 0 Å². The molecule has 0 N–H and O–H groups in total. The first-order valence-corrected chi connectivity index (χ1v) is 17.1. The first-order valence-electron chi connectivity index (χ1n) is 17.1. The van der Waals surface area contributed by atoms with Gasteiger partial charge in [-0.1, -0.05) is 152 Å². The van der Waals surface area contributed by atoms with E-state index in [-0.39, 0.29) is 12.0 Å². The van der Waals surface area contributed by atoms with E-state index in [1.807, 2.05) is 0 Å². The van der Waals surface area contributed by atoms with Crippen molar-refractivity contribution in [1.82, 2.24) is 0 Å². The lowest BCUT2D eigenvalue weighted by molar-refractivity contribution is 0.269. The molecular formula is C48H32O. The Bertz CT molecular complexity index is 2590. The normalized spacial score (nSPS) is 16.2. The van der Waals surface area contributed by atoms with Crippen LogP contribution in [0.2, 0.25) is 0 Å². The molecule has 0 saturated carbocycles. The minimum atomic E-state index is 0.0724. The van der Waals surface area contributed by atoms with Crippen molar-refractivity contribution in [1.29, 1.82) is 0 Å². The van der Waals surface area contributed by atoms with E-state index in [9.17, 15) is 0 Å². The highest BCUT2D eigenvalue weighted by Gasteiger charge is 2.32. The summed E-state index contributed by atoms with van der Waals surface area (Å²) >= 11 is 0. The standard InChI is InChI=1S/C48H32O/c1-2-12-31(13-3-1)33-15-10-16-34(28-33)35-25-24-32-14-11-22-42(43(32)29-35)48-40-20-6-4-18-38(40)47(39-19-5-7-21-41(39)48)36-26-27-46-44(30-36)37-17-8-9-23-45(37)49-46/h1-30,37,45H. The summed E-state index contributed by atoms with van der Waals surface area (Å²) in [5, 5.41) is 7.53. The van der Waals surface area contributed by atoms with Gasteiger partial charge in [0, 0.05) is 11.5 Å². The average molecular weight is 625 g/mol. The summed E-state index contributed by atoms with van der Waals surface area (Å²) in [5.74, 6) is 1.23. The van der Waals surface area contributed by atoms with E-state index >= 15 is 0 Å². The first kappa shape index (κ1) is 27.9. The lowest BCUT2D eigenvalue weighted by atomic mass is 9.83. The molecule has 1 nitrogen and oxygen atoms in total. The van der Waals surface area contributed by atoms with Crippen molar-refractivity contribution in [2.24, 2.45) is 0 Å². The third-order valence-electron chi connectivity index (χ3n) is 10.4. The van der Waals surface area contributed by atoms with Crippen molar-refractivity contribution in [2.45, 2.75) is 12.0 Å². The fourth-order valence-corrected chi connectivity index (χ4v) is 8.11. The summed E-state index contributed by atoms with van der Waals surface area (Å²) < 4.78 is 6.33. The first-order chi connectivity index (χ1) is 24.3. The zero-order valence-electron chi connectivity index (χ0n) is 26.9. The van der Waals surface area contributed by atoms with Crippen molar-refractivity contribution in [2.75, 3.05) is 0 Å². The van der Waals surface area contributed by atoms with E-state index in [1.165, 1.54) is 82.4 Å². The lowest BCUT2D eigenvalue weighted by Gasteiger charge is -2.19. The van der Waals surface area contributed by atoms with Crippen molar-refractivity contribution in [3.63, 3.8) is 0 Å². The maximum atomic E-state index is 6.33. The predicted molar refractivity (Wildman–Crippen MR) is 206 cm³/mol. The molecular weight excluding hydrogens is 593 g/mol. The van der Waals surface area contributed by atoms with Gasteiger partial charge in [-0.3, -0.25) is 0 Å². The monoisotopic (exact) mass is 624 g/mol. The van der Waals surface area contributed by atoms with Crippen LogP contribution in [-0.4, -0.2) is 6.10 Å². The van der Waals surface area contributed by atoms with Gasteiger partial charge in [0.05, 0.1) is 0 Å². The molecule has 2 aliphatic rings. The lowest BCUT2D eigenvalue weighted by Crippen LogP contribution is -2.15. The third kappa shape index (κ3) is 4.54. The zero-order valence-corrected chi connectivity index (χ0v) is 26.9. The third-order valence-corrected chi connectivity index (χ3v) is 10.4. The predicted octanol–water partition coefficient (Wildman–Crippen LogP) is 12.8. The van der Waals surface area contributed by atoms with Gasteiger partial charge in [0.15, 0.2) is 0 Å². The second kappa shape index (κ2) is 11.2. The average Bonchev–Trinajstić information content (AvgIpc) is 3.55. The quantitative estimate of drug-likeness (QED) is 0.177. The van der Waals surface area contributed by atoms with E-state index in [2.05, 4.69) is 182 Å². The van der Waals surface area contributed by atoms with Gasteiger partial charge < -0.3 is 4.74 Å². The van der Waals surface area contributed by atoms with E-state index in [1.54, 1.807) is 0 Å². The molecule has 49 heavy (non-hydrogen) atoms.